The molecule has 0 saturated heterocycles. The van der Waals surface area contributed by atoms with E-state index in [4.69, 9.17) is 0 Å². The second kappa shape index (κ2) is 5.58. The highest BCUT2D eigenvalue weighted by Crippen LogP contribution is 2.37. The Balaban J connectivity index is 1.73. The van der Waals surface area contributed by atoms with E-state index < -0.39 is 0 Å². The smallest absolute Gasteiger partial charge is 0.272 e. The van der Waals surface area contributed by atoms with Crippen LogP contribution >= 0.6 is 0 Å². The number of fused-ring (bicyclic) bond motifs is 2. The van der Waals surface area contributed by atoms with Crippen LogP contribution in [0.15, 0.2) is 41.7 Å². The van der Waals surface area contributed by atoms with Crippen LogP contribution in [0.1, 0.15) is 19.4 Å². The summed E-state index contributed by atoms with van der Waals surface area (Å²) in [5.41, 5.74) is 4.27. The van der Waals surface area contributed by atoms with Crippen LogP contribution in [0.5, 0.6) is 0 Å². The molecule has 2 unspecified atom stereocenters. The van der Waals surface area contributed by atoms with E-state index in [-0.39, 0.29) is 29.7 Å². The number of rotatable bonds is 2. The molecule has 1 aromatic carbocycles. The van der Waals surface area contributed by atoms with Crippen LogP contribution in [0.2, 0.25) is 0 Å². The Hall–Kier alpha value is -2.89. The molecule has 0 fully saturated rings. The predicted molar refractivity (Wildman–Crippen MR) is 98.1 cm³/mol. The monoisotopic (exact) mass is 336 g/mol. The predicted octanol–water partition coefficient (Wildman–Crippen LogP) is 2.47. The van der Waals surface area contributed by atoms with Crippen molar-refractivity contribution in [1.82, 2.24) is 4.90 Å². The highest BCUT2D eigenvalue weighted by atomic mass is 16.2. The van der Waals surface area contributed by atoms with E-state index in [9.17, 15) is 9.59 Å². The Bertz CT molecular complexity index is 866. The topological polar surface area (TPSA) is 73.8 Å². The minimum atomic E-state index is -0.254. The van der Waals surface area contributed by atoms with E-state index in [1.807, 2.05) is 44.3 Å². The van der Waals surface area contributed by atoms with Gasteiger partial charge >= 0.3 is 0 Å². The van der Waals surface area contributed by atoms with Gasteiger partial charge in [0.05, 0.1) is 17.3 Å². The summed E-state index contributed by atoms with van der Waals surface area (Å²) in [6.07, 6.45) is 5.50. The molecule has 0 bridgehead atoms. The minimum absolute atomic E-state index is 0.00870. The Kier molecular flexibility index (Phi) is 3.49. The Morgan fingerprint density at radius 2 is 2.00 bits per heavy atom. The summed E-state index contributed by atoms with van der Waals surface area (Å²) >= 11 is 0. The average Bonchev–Trinajstić information content (AvgIpc) is 3.07. The molecule has 2 N–H and O–H groups in total. The summed E-state index contributed by atoms with van der Waals surface area (Å²) in [7, 11) is 1.74. The van der Waals surface area contributed by atoms with Gasteiger partial charge in [-0.1, -0.05) is 26.0 Å². The lowest BCUT2D eigenvalue weighted by atomic mass is 9.86. The number of benzene rings is 1. The number of allylic oxidation sites excluding steroid dienone is 2. The summed E-state index contributed by atoms with van der Waals surface area (Å²) in [5, 5.41) is 6.30. The van der Waals surface area contributed by atoms with Gasteiger partial charge in [-0.3, -0.25) is 14.6 Å². The quantitative estimate of drug-likeness (QED) is 0.871. The second-order valence-electron chi connectivity index (χ2n) is 6.95. The molecule has 0 radical (unpaired) electrons. The number of hydrogen-bond acceptors (Lipinski definition) is 4. The molecule has 6 nitrogen and oxygen atoms in total. The maximum Gasteiger partial charge on any atom is 0.272 e. The molecule has 3 heterocycles. The first-order chi connectivity index (χ1) is 12.0. The number of amides is 2. The number of nitrogens with zero attached hydrogens (tertiary/aromatic N) is 2. The summed E-state index contributed by atoms with van der Waals surface area (Å²) in [4.78, 5) is 30.2. The van der Waals surface area contributed by atoms with E-state index in [1.165, 1.54) is 0 Å². The van der Waals surface area contributed by atoms with Crippen molar-refractivity contribution < 1.29 is 9.59 Å². The first-order valence-corrected chi connectivity index (χ1v) is 8.41. The first-order valence-electron chi connectivity index (χ1n) is 8.41. The third kappa shape index (κ3) is 2.45. The van der Waals surface area contributed by atoms with Crippen molar-refractivity contribution in [3.05, 3.63) is 42.2 Å². The van der Waals surface area contributed by atoms with Gasteiger partial charge in [0, 0.05) is 19.4 Å². The van der Waals surface area contributed by atoms with E-state index in [0.717, 1.165) is 22.5 Å². The molecule has 0 spiro atoms. The molecule has 3 aliphatic heterocycles. The largest absolute Gasteiger partial charge is 0.372 e. The molecule has 3 aliphatic rings. The summed E-state index contributed by atoms with van der Waals surface area (Å²) in [6.45, 7) is 4.03. The zero-order valence-corrected chi connectivity index (χ0v) is 14.4. The normalized spacial score (nSPS) is 24.4. The molecule has 6 heteroatoms. The van der Waals surface area contributed by atoms with Gasteiger partial charge in [0.1, 0.15) is 11.8 Å². The van der Waals surface area contributed by atoms with E-state index in [0.29, 0.717) is 5.71 Å². The fourth-order valence-corrected chi connectivity index (χ4v) is 3.47. The van der Waals surface area contributed by atoms with Gasteiger partial charge in [-0.2, -0.15) is 0 Å². The maximum absolute atomic E-state index is 12.2. The SMILES string of the molecule is CC(C)C1Nc2cc(C3=CN(C)C(=O)C4=NC=CC34)ccc2NC1=O. The van der Waals surface area contributed by atoms with E-state index >= 15 is 0 Å². The average molecular weight is 336 g/mol. The number of anilines is 2. The van der Waals surface area contributed by atoms with Crippen molar-refractivity contribution in [2.75, 3.05) is 17.7 Å². The number of carbonyl (C=O) groups is 2. The molecule has 0 saturated carbocycles. The molecule has 25 heavy (non-hydrogen) atoms. The molecular formula is C19H20N4O2. The molecule has 128 valence electrons. The van der Waals surface area contributed by atoms with Crippen molar-refractivity contribution in [3.8, 4) is 0 Å². The molecule has 4 rings (SSSR count). The van der Waals surface area contributed by atoms with Crippen LogP contribution in [0, 0.1) is 11.8 Å². The van der Waals surface area contributed by atoms with Crippen molar-refractivity contribution in [2.24, 2.45) is 16.8 Å². The van der Waals surface area contributed by atoms with Crippen molar-refractivity contribution >= 4 is 34.5 Å². The van der Waals surface area contributed by atoms with Gasteiger partial charge < -0.3 is 15.5 Å². The number of hydrogen-bond donors (Lipinski definition) is 2. The molecule has 0 aromatic heterocycles. The minimum Gasteiger partial charge on any atom is -0.372 e. The summed E-state index contributed by atoms with van der Waals surface area (Å²) in [6, 6.07) is 5.65. The van der Waals surface area contributed by atoms with Crippen LogP contribution in [0.3, 0.4) is 0 Å². The van der Waals surface area contributed by atoms with Gasteiger partial charge in [-0.25, -0.2) is 0 Å². The van der Waals surface area contributed by atoms with Crippen LogP contribution in [-0.4, -0.2) is 35.5 Å². The lowest BCUT2D eigenvalue weighted by Crippen LogP contribution is -2.42. The summed E-state index contributed by atoms with van der Waals surface area (Å²) in [5.74, 6) is -0.000589. The summed E-state index contributed by atoms with van der Waals surface area (Å²) < 4.78 is 0. The lowest BCUT2D eigenvalue weighted by molar-refractivity contribution is -0.121. The highest BCUT2D eigenvalue weighted by molar-refractivity contribution is 6.44. The number of nitrogens with one attached hydrogen (secondary N) is 2. The third-order valence-corrected chi connectivity index (χ3v) is 4.86. The molecule has 0 aliphatic carbocycles. The molecule has 1 aromatic rings. The fourth-order valence-electron chi connectivity index (χ4n) is 3.47. The maximum atomic E-state index is 12.2. The lowest BCUT2D eigenvalue weighted by Gasteiger charge is -2.31. The fraction of sp³-hybridized carbons (Fsp3) is 0.316. The van der Waals surface area contributed by atoms with E-state index in [2.05, 4.69) is 15.6 Å². The van der Waals surface area contributed by atoms with Crippen LogP contribution in [0.25, 0.3) is 5.57 Å². The highest BCUT2D eigenvalue weighted by Gasteiger charge is 2.34. The molecular weight excluding hydrogens is 316 g/mol. The van der Waals surface area contributed by atoms with Crippen molar-refractivity contribution in [2.45, 2.75) is 19.9 Å². The second-order valence-corrected chi connectivity index (χ2v) is 6.95. The van der Waals surface area contributed by atoms with Gasteiger partial charge in [-0.15, -0.1) is 0 Å². The number of carbonyl (C=O) groups excluding carboxylic acids is 2. The van der Waals surface area contributed by atoms with Crippen molar-refractivity contribution in [1.29, 1.82) is 0 Å². The zero-order chi connectivity index (χ0) is 17.7. The van der Waals surface area contributed by atoms with E-state index in [1.54, 1.807) is 18.1 Å². The molecule has 2 atom stereocenters. The van der Waals surface area contributed by atoms with Gasteiger partial charge in [0.25, 0.3) is 5.91 Å². The first kappa shape index (κ1) is 15.6. The van der Waals surface area contributed by atoms with Crippen molar-refractivity contribution in [3.63, 3.8) is 0 Å². The Labute approximate surface area is 146 Å². The zero-order valence-electron chi connectivity index (χ0n) is 14.4. The van der Waals surface area contributed by atoms with Crippen LogP contribution in [-0.2, 0) is 9.59 Å². The van der Waals surface area contributed by atoms with Gasteiger partial charge in [0.2, 0.25) is 5.91 Å². The third-order valence-electron chi connectivity index (χ3n) is 4.86. The Morgan fingerprint density at radius 1 is 1.20 bits per heavy atom. The van der Waals surface area contributed by atoms with Gasteiger partial charge in [0.15, 0.2) is 0 Å². The standard InChI is InChI=1S/C19H20N4O2/c1-10(2)16-18(24)22-14-5-4-11(8-15(14)21-16)13-9-23(3)19(25)17-12(13)6-7-20-17/h4-10,12,16,21H,1-3H3,(H,22,24). The van der Waals surface area contributed by atoms with Crippen LogP contribution in [0.4, 0.5) is 11.4 Å². The Morgan fingerprint density at radius 3 is 2.76 bits per heavy atom. The molecule has 2 amide bonds. The number of aliphatic imine (C=N–C) groups is 1. The van der Waals surface area contributed by atoms with Crippen LogP contribution < -0.4 is 10.6 Å². The van der Waals surface area contributed by atoms with Gasteiger partial charge in [-0.05, 0) is 29.2 Å².